The van der Waals surface area contributed by atoms with Gasteiger partial charge in [-0.05, 0) is 30.5 Å². The smallest absolute Gasteiger partial charge is 0.223 e. The van der Waals surface area contributed by atoms with Crippen LogP contribution in [-0.4, -0.2) is 5.91 Å². The lowest BCUT2D eigenvalue weighted by atomic mass is 9.97. The van der Waals surface area contributed by atoms with Gasteiger partial charge >= 0.3 is 0 Å². The van der Waals surface area contributed by atoms with Crippen LogP contribution in [-0.2, 0) is 11.3 Å². The largest absolute Gasteiger partial charge is 0.352 e. The predicted molar refractivity (Wildman–Crippen MR) is 76.3 cm³/mol. The highest BCUT2D eigenvalue weighted by Crippen LogP contribution is 2.14. The van der Waals surface area contributed by atoms with Crippen LogP contribution < -0.4 is 5.32 Å². The molecule has 0 atom stereocenters. The standard InChI is InChI=1S/C16H22N2O/c1-3-5-15(6-4-2)16(19)18-12-14-9-7-13(11-17)8-10-14/h7-10,15H,3-6,12H2,1-2H3,(H,18,19). The highest BCUT2D eigenvalue weighted by atomic mass is 16.1. The first-order valence-electron chi connectivity index (χ1n) is 6.98. The quantitative estimate of drug-likeness (QED) is 0.815. The minimum Gasteiger partial charge on any atom is -0.352 e. The van der Waals surface area contributed by atoms with Crippen LogP contribution in [0.2, 0.25) is 0 Å². The number of hydrogen-bond donors (Lipinski definition) is 1. The van der Waals surface area contributed by atoms with Gasteiger partial charge in [0.25, 0.3) is 0 Å². The molecule has 102 valence electrons. The molecular formula is C16H22N2O. The van der Waals surface area contributed by atoms with E-state index in [2.05, 4.69) is 25.2 Å². The number of carbonyl (C=O) groups excluding carboxylic acids is 1. The molecule has 1 aromatic rings. The Hall–Kier alpha value is -1.82. The van der Waals surface area contributed by atoms with Gasteiger partial charge in [-0.3, -0.25) is 4.79 Å². The number of amides is 1. The van der Waals surface area contributed by atoms with Crippen LogP contribution in [0.4, 0.5) is 0 Å². The molecule has 0 saturated carbocycles. The van der Waals surface area contributed by atoms with Gasteiger partial charge in [-0.15, -0.1) is 0 Å². The lowest BCUT2D eigenvalue weighted by Crippen LogP contribution is -2.30. The third-order valence-electron chi connectivity index (χ3n) is 3.19. The monoisotopic (exact) mass is 258 g/mol. The minimum atomic E-state index is 0.133. The fourth-order valence-electron chi connectivity index (χ4n) is 2.13. The highest BCUT2D eigenvalue weighted by Gasteiger charge is 2.15. The number of benzene rings is 1. The first-order valence-corrected chi connectivity index (χ1v) is 6.98. The molecule has 0 fully saturated rings. The van der Waals surface area contributed by atoms with Crippen LogP contribution in [0.3, 0.4) is 0 Å². The summed E-state index contributed by atoms with van der Waals surface area (Å²) >= 11 is 0. The molecule has 0 aromatic heterocycles. The lowest BCUT2D eigenvalue weighted by Gasteiger charge is -2.15. The molecule has 0 bridgehead atoms. The summed E-state index contributed by atoms with van der Waals surface area (Å²) in [4.78, 5) is 12.1. The molecule has 0 aliphatic heterocycles. The molecule has 0 heterocycles. The van der Waals surface area contributed by atoms with Gasteiger partial charge in [0, 0.05) is 12.5 Å². The summed E-state index contributed by atoms with van der Waals surface area (Å²) in [6.07, 6.45) is 3.98. The average Bonchev–Trinajstić information content (AvgIpc) is 2.45. The first-order chi connectivity index (χ1) is 9.21. The van der Waals surface area contributed by atoms with E-state index in [1.807, 2.05) is 12.1 Å². The summed E-state index contributed by atoms with van der Waals surface area (Å²) in [5.41, 5.74) is 1.67. The molecule has 1 rings (SSSR count). The van der Waals surface area contributed by atoms with Crippen molar-refractivity contribution in [3.8, 4) is 6.07 Å². The Balaban J connectivity index is 2.49. The number of carbonyl (C=O) groups is 1. The number of nitrogens with zero attached hydrogens (tertiary/aromatic N) is 1. The normalized spacial score (nSPS) is 10.2. The van der Waals surface area contributed by atoms with E-state index in [4.69, 9.17) is 5.26 Å². The van der Waals surface area contributed by atoms with Gasteiger partial charge in [0.05, 0.1) is 11.6 Å². The predicted octanol–water partition coefficient (Wildman–Crippen LogP) is 3.39. The second-order valence-corrected chi connectivity index (χ2v) is 4.80. The van der Waals surface area contributed by atoms with E-state index in [0.29, 0.717) is 12.1 Å². The second-order valence-electron chi connectivity index (χ2n) is 4.80. The maximum absolute atomic E-state index is 12.1. The van der Waals surface area contributed by atoms with E-state index >= 15 is 0 Å². The van der Waals surface area contributed by atoms with Crippen LogP contribution >= 0.6 is 0 Å². The van der Waals surface area contributed by atoms with E-state index < -0.39 is 0 Å². The maximum Gasteiger partial charge on any atom is 0.223 e. The molecule has 3 heteroatoms. The summed E-state index contributed by atoms with van der Waals surface area (Å²) < 4.78 is 0. The fraction of sp³-hybridized carbons (Fsp3) is 0.500. The SMILES string of the molecule is CCCC(CCC)C(=O)NCc1ccc(C#N)cc1. The van der Waals surface area contributed by atoms with Crippen LogP contribution in [0.15, 0.2) is 24.3 Å². The van der Waals surface area contributed by atoms with E-state index in [-0.39, 0.29) is 11.8 Å². The van der Waals surface area contributed by atoms with Gasteiger partial charge in [0.1, 0.15) is 0 Å². The van der Waals surface area contributed by atoms with Crippen LogP contribution in [0.5, 0.6) is 0 Å². The van der Waals surface area contributed by atoms with E-state index in [9.17, 15) is 4.79 Å². The van der Waals surface area contributed by atoms with Crippen molar-refractivity contribution in [1.29, 1.82) is 5.26 Å². The summed E-state index contributed by atoms with van der Waals surface area (Å²) in [6.45, 7) is 4.75. The molecule has 1 aromatic carbocycles. The highest BCUT2D eigenvalue weighted by molar-refractivity contribution is 5.78. The van der Waals surface area contributed by atoms with E-state index in [0.717, 1.165) is 31.2 Å². The van der Waals surface area contributed by atoms with Gasteiger partial charge in [-0.25, -0.2) is 0 Å². The Morgan fingerprint density at radius 3 is 2.26 bits per heavy atom. The molecule has 0 radical (unpaired) electrons. The number of nitriles is 1. The molecule has 0 aliphatic rings. The Morgan fingerprint density at radius 2 is 1.79 bits per heavy atom. The van der Waals surface area contributed by atoms with Crippen molar-refractivity contribution in [3.63, 3.8) is 0 Å². The molecular weight excluding hydrogens is 236 g/mol. The van der Waals surface area contributed by atoms with Crippen LogP contribution in [0.25, 0.3) is 0 Å². The van der Waals surface area contributed by atoms with E-state index in [1.165, 1.54) is 0 Å². The van der Waals surface area contributed by atoms with Crippen molar-refractivity contribution in [1.82, 2.24) is 5.32 Å². The van der Waals surface area contributed by atoms with Crippen LogP contribution in [0, 0.1) is 17.2 Å². The van der Waals surface area contributed by atoms with Crippen LogP contribution in [0.1, 0.15) is 50.7 Å². The Kier molecular flexibility index (Phi) is 6.67. The van der Waals surface area contributed by atoms with Crippen molar-refractivity contribution in [2.45, 2.75) is 46.1 Å². The van der Waals surface area contributed by atoms with Crippen molar-refractivity contribution in [3.05, 3.63) is 35.4 Å². The Bertz CT molecular complexity index is 425. The van der Waals surface area contributed by atoms with Gasteiger partial charge in [0.2, 0.25) is 5.91 Å². The van der Waals surface area contributed by atoms with Gasteiger partial charge in [0.15, 0.2) is 0 Å². The zero-order chi connectivity index (χ0) is 14.1. The number of hydrogen-bond acceptors (Lipinski definition) is 2. The summed E-state index contributed by atoms with van der Waals surface area (Å²) in [5, 5.41) is 11.7. The summed E-state index contributed by atoms with van der Waals surface area (Å²) in [5.74, 6) is 0.279. The molecule has 19 heavy (non-hydrogen) atoms. The Morgan fingerprint density at radius 1 is 1.21 bits per heavy atom. The molecule has 0 spiro atoms. The summed E-state index contributed by atoms with van der Waals surface area (Å²) in [6, 6.07) is 9.40. The third-order valence-corrected chi connectivity index (χ3v) is 3.19. The van der Waals surface area contributed by atoms with Crippen molar-refractivity contribution >= 4 is 5.91 Å². The van der Waals surface area contributed by atoms with Crippen molar-refractivity contribution in [2.24, 2.45) is 5.92 Å². The Labute approximate surface area is 115 Å². The molecule has 1 amide bonds. The number of rotatable bonds is 7. The minimum absolute atomic E-state index is 0.133. The number of nitrogens with one attached hydrogen (secondary N) is 1. The zero-order valence-corrected chi connectivity index (χ0v) is 11.8. The third kappa shape index (κ3) is 5.13. The lowest BCUT2D eigenvalue weighted by molar-refractivity contribution is -0.125. The maximum atomic E-state index is 12.1. The molecule has 1 N–H and O–H groups in total. The van der Waals surface area contributed by atoms with Crippen molar-refractivity contribution < 1.29 is 4.79 Å². The zero-order valence-electron chi connectivity index (χ0n) is 11.8. The fourth-order valence-corrected chi connectivity index (χ4v) is 2.13. The summed E-state index contributed by atoms with van der Waals surface area (Å²) in [7, 11) is 0. The average molecular weight is 258 g/mol. The van der Waals surface area contributed by atoms with Crippen molar-refractivity contribution in [2.75, 3.05) is 0 Å². The first kappa shape index (κ1) is 15.2. The molecule has 0 saturated heterocycles. The van der Waals surface area contributed by atoms with Gasteiger partial charge < -0.3 is 5.32 Å². The molecule has 0 aliphatic carbocycles. The van der Waals surface area contributed by atoms with E-state index in [1.54, 1.807) is 12.1 Å². The van der Waals surface area contributed by atoms with Gasteiger partial charge in [-0.1, -0.05) is 38.8 Å². The van der Waals surface area contributed by atoms with Gasteiger partial charge in [-0.2, -0.15) is 5.26 Å². The second kappa shape index (κ2) is 8.31. The molecule has 3 nitrogen and oxygen atoms in total. The molecule has 0 unspecified atom stereocenters. The topological polar surface area (TPSA) is 52.9 Å².